The summed E-state index contributed by atoms with van der Waals surface area (Å²) in [5.41, 5.74) is 4.18. The van der Waals surface area contributed by atoms with Crippen molar-refractivity contribution in [3.05, 3.63) is 102 Å². The summed E-state index contributed by atoms with van der Waals surface area (Å²) < 4.78 is 7.63. The predicted octanol–water partition coefficient (Wildman–Crippen LogP) is 5.11. The number of nitrogens with zero attached hydrogens (tertiary/aromatic N) is 3. The highest BCUT2D eigenvalue weighted by molar-refractivity contribution is 5.99. The molecule has 5 rings (SSSR count). The van der Waals surface area contributed by atoms with Crippen molar-refractivity contribution >= 4 is 17.8 Å². The van der Waals surface area contributed by atoms with Gasteiger partial charge in [-0.25, -0.2) is 4.98 Å². The Kier molecular flexibility index (Phi) is 7.42. The van der Waals surface area contributed by atoms with Crippen molar-refractivity contribution in [3.8, 4) is 16.9 Å². The van der Waals surface area contributed by atoms with E-state index in [1.54, 1.807) is 17.0 Å². The molecule has 1 atom stereocenters. The van der Waals surface area contributed by atoms with Gasteiger partial charge in [-0.3, -0.25) is 19.5 Å². The van der Waals surface area contributed by atoms with Crippen LogP contribution in [0, 0.1) is 6.92 Å². The summed E-state index contributed by atoms with van der Waals surface area (Å²) in [5, 5.41) is 2.95. The summed E-state index contributed by atoms with van der Waals surface area (Å²) in [5.74, 6) is -0.113. The first kappa shape index (κ1) is 24.5. The quantitative estimate of drug-likeness (QED) is 0.369. The molecule has 188 valence electrons. The summed E-state index contributed by atoms with van der Waals surface area (Å²) in [7, 11) is 0. The molecule has 2 heterocycles. The molecule has 2 amide bonds. The number of para-hydroxylation sites is 1. The Hall–Kier alpha value is -4.23. The van der Waals surface area contributed by atoms with Crippen LogP contribution < -0.4 is 5.32 Å². The van der Waals surface area contributed by atoms with Crippen LogP contribution >= 0.6 is 0 Å². The van der Waals surface area contributed by atoms with Crippen molar-refractivity contribution in [3.63, 3.8) is 0 Å². The highest BCUT2D eigenvalue weighted by atomic mass is 16.5. The number of hydrogen-bond acceptors (Lipinski definition) is 4. The van der Waals surface area contributed by atoms with Crippen LogP contribution in [0.3, 0.4) is 0 Å². The SMILES string of the molecule is Cc1ccc(C(=O)N(CC(=O)Nc2nc(-c3ccccc3)cn2-c2ccccc2)C[C@H]2CCCO2)cc1. The average Bonchev–Trinajstić information content (AvgIpc) is 3.59. The van der Waals surface area contributed by atoms with E-state index >= 15 is 0 Å². The summed E-state index contributed by atoms with van der Waals surface area (Å²) in [6.45, 7) is 2.92. The number of aryl methyl sites for hydroxylation is 1. The van der Waals surface area contributed by atoms with Crippen molar-refractivity contribution in [2.45, 2.75) is 25.9 Å². The van der Waals surface area contributed by atoms with E-state index in [1.807, 2.05) is 90.5 Å². The first-order chi connectivity index (χ1) is 18.1. The monoisotopic (exact) mass is 494 g/mol. The zero-order chi connectivity index (χ0) is 25.6. The molecule has 3 aromatic carbocycles. The van der Waals surface area contributed by atoms with E-state index in [9.17, 15) is 9.59 Å². The molecule has 1 aliphatic heterocycles. The van der Waals surface area contributed by atoms with E-state index < -0.39 is 0 Å². The Bertz CT molecular complexity index is 1340. The number of rotatable bonds is 8. The van der Waals surface area contributed by atoms with Gasteiger partial charge >= 0.3 is 0 Å². The standard InChI is InChI=1S/C30H30N4O3/c1-22-14-16-24(17-15-22)29(36)33(19-26-13-8-18-37-26)21-28(35)32-30-31-27(23-9-4-2-5-10-23)20-34(30)25-11-6-3-7-12-25/h2-7,9-12,14-17,20,26H,8,13,18-19,21H2,1H3,(H,31,32,35)/t26-/m1/s1. The van der Waals surface area contributed by atoms with Crippen molar-refractivity contribution in [2.75, 3.05) is 25.0 Å². The van der Waals surface area contributed by atoms with E-state index in [1.165, 1.54) is 0 Å². The molecular formula is C30H30N4O3. The molecule has 1 aliphatic rings. The molecule has 0 unspecified atom stereocenters. The van der Waals surface area contributed by atoms with Gasteiger partial charge in [-0.05, 0) is 44.0 Å². The van der Waals surface area contributed by atoms with Gasteiger partial charge in [0.2, 0.25) is 11.9 Å². The molecule has 0 radical (unpaired) electrons. The summed E-state index contributed by atoms with van der Waals surface area (Å²) in [4.78, 5) is 33.0. The van der Waals surface area contributed by atoms with Crippen molar-refractivity contribution < 1.29 is 14.3 Å². The van der Waals surface area contributed by atoms with Crippen molar-refractivity contribution in [1.82, 2.24) is 14.5 Å². The van der Waals surface area contributed by atoms with Gasteiger partial charge in [-0.15, -0.1) is 0 Å². The van der Waals surface area contributed by atoms with Gasteiger partial charge in [0.15, 0.2) is 0 Å². The lowest BCUT2D eigenvalue weighted by molar-refractivity contribution is -0.117. The molecule has 1 aromatic heterocycles. The van der Waals surface area contributed by atoms with Gasteiger partial charge in [0, 0.05) is 36.2 Å². The third kappa shape index (κ3) is 5.95. The third-order valence-corrected chi connectivity index (χ3v) is 6.43. The zero-order valence-electron chi connectivity index (χ0n) is 20.8. The topological polar surface area (TPSA) is 76.5 Å². The smallest absolute Gasteiger partial charge is 0.254 e. The Morgan fingerprint density at radius 1 is 1.00 bits per heavy atom. The predicted molar refractivity (Wildman–Crippen MR) is 144 cm³/mol. The van der Waals surface area contributed by atoms with Crippen LogP contribution in [0.2, 0.25) is 0 Å². The number of anilines is 1. The fraction of sp³-hybridized carbons (Fsp3) is 0.233. The molecule has 0 aliphatic carbocycles. The number of imidazole rings is 1. The first-order valence-electron chi connectivity index (χ1n) is 12.5. The Balaban J connectivity index is 1.39. The Morgan fingerprint density at radius 2 is 1.70 bits per heavy atom. The number of carbonyl (C=O) groups is 2. The Labute approximate surface area is 216 Å². The van der Waals surface area contributed by atoms with Gasteiger partial charge in [0.25, 0.3) is 5.91 Å². The van der Waals surface area contributed by atoms with E-state index in [2.05, 4.69) is 5.32 Å². The van der Waals surface area contributed by atoms with Gasteiger partial charge in [-0.1, -0.05) is 66.2 Å². The molecule has 4 aromatic rings. The van der Waals surface area contributed by atoms with Crippen LogP contribution in [0.25, 0.3) is 16.9 Å². The number of hydrogen-bond donors (Lipinski definition) is 1. The van der Waals surface area contributed by atoms with Crippen LogP contribution in [-0.4, -0.2) is 52.1 Å². The van der Waals surface area contributed by atoms with Gasteiger partial charge in [0.1, 0.15) is 6.54 Å². The average molecular weight is 495 g/mol. The number of ether oxygens (including phenoxy) is 1. The molecule has 37 heavy (non-hydrogen) atoms. The summed E-state index contributed by atoms with van der Waals surface area (Å²) in [6, 6.07) is 26.9. The number of carbonyl (C=O) groups excluding carboxylic acids is 2. The molecule has 0 spiro atoms. The Morgan fingerprint density at radius 3 is 2.38 bits per heavy atom. The normalized spacial score (nSPS) is 14.9. The summed E-state index contributed by atoms with van der Waals surface area (Å²) >= 11 is 0. The second-order valence-electron chi connectivity index (χ2n) is 9.26. The number of amides is 2. The molecule has 7 heteroatoms. The fourth-order valence-corrected chi connectivity index (χ4v) is 4.47. The highest BCUT2D eigenvalue weighted by Crippen LogP contribution is 2.24. The maximum atomic E-state index is 13.4. The maximum absolute atomic E-state index is 13.4. The fourth-order valence-electron chi connectivity index (χ4n) is 4.47. The number of benzene rings is 3. The summed E-state index contributed by atoms with van der Waals surface area (Å²) in [6.07, 6.45) is 3.67. The molecule has 0 bridgehead atoms. The molecule has 1 saturated heterocycles. The van der Waals surface area contributed by atoms with Crippen LogP contribution in [0.5, 0.6) is 0 Å². The van der Waals surface area contributed by atoms with Crippen LogP contribution in [-0.2, 0) is 9.53 Å². The zero-order valence-corrected chi connectivity index (χ0v) is 20.8. The van der Waals surface area contributed by atoms with E-state index in [0.29, 0.717) is 24.7 Å². The maximum Gasteiger partial charge on any atom is 0.254 e. The largest absolute Gasteiger partial charge is 0.376 e. The van der Waals surface area contributed by atoms with Gasteiger partial charge in [-0.2, -0.15) is 0 Å². The highest BCUT2D eigenvalue weighted by Gasteiger charge is 2.26. The van der Waals surface area contributed by atoms with Crippen LogP contribution in [0.4, 0.5) is 5.95 Å². The van der Waals surface area contributed by atoms with Gasteiger partial charge in [0.05, 0.1) is 11.8 Å². The van der Waals surface area contributed by atoms with Crippen molar-refractivity contribution in [2.24, 2.45) is 0 Å². The van der Waals surface area contributed by atoms with E-state index in [-0.39, 0.29) is 24.5 Å². The van der Waals surface area contributed by atoms with Gasteiger partial charge < -0.3 is 9.64 Å². The number of aromatic nitrogens is 2. The minimum absolute atomic E-state index is 0.0711. The van der Waals surface area contributed by atoms with Crippen LogP contribution in [0.1, 0.15) is 28.8 Å². The lowest BCUT2D eigenvalue weighted by Crippen LogP contribution is -2.42. The lowest BCUT2D eigenvalue weighted by Gasteiger charge is -2.25. The minimum atomic E-state index is -0.319. The molecule has 1 fully saturated rings. The molecular weight excluding hydrogens is 464 g/mol. The third-order valence-electron chi connectivity index (χ3n) is 6.43. The number of nitrogens with one attached hydrogen (secondary N) is 1. The lowest BCUT2D eigenvalue weighted by atomic mass is 10.1. The first-order valence-corrected chi connectivity index (χ1v) is 12.5. The second kappa shape index (κ2) is 11.2. The molecule has 7 nitrogen and oxygen atoms in total. The second-order valence-corrected chi connectivity index (χ2v) is 9.26. The van der Waals surface area contributed by atoms with Crippen LogP contribution in [0.15, 0.2) is 91.1 Å². The minimum Gasteiger partial charge on any atom is -0.376 e. The van der Waals surface area contributed by atoms with Crippen molar-refractivity contribution in [1.29, 1.82) is 0 Å². The molecule has 1 N–H and O–H groups in total. The molecule has 0 saturated carbocycles. The van der Waals surface area contributed by atoms with E-state index in [4.69, 9.17) is 9.72 Å². The van der Waals surface area contributed by atoms with E-state index in [0.717, 1.165) is 35.3 Å².